The molecule has 1 heterocycles. The van der Waals surface area contributed by atoms with E-state index in [0.717, 1.165) is 17.5 Å². The molecule has 0 saturated carbocycles. The van der Waals surface area contributed by atoms with Crippen molar-refractivity contribution in [1.29, 1.82) is 0 Å². The Morgan fingerprint density at radius 2 is 1.94 bits per heavy atom. The molecule has 0 fully saturated rings. The summed E-state index contributed by atoms with van der Waals surface area (Å²) in [6.07, 6.45) is 3.99. The average molecular weight is 251 g/mol. The highest BCUT2D eigenvalue weighted by atomic mass is 32.2. The highest BCUT2D eigenvalue weighted by Crippen LogP contribution is 2.12. The van der Waals surface area contributed by atoms with Crippen LogP contribution < -0.4 is 5.73 Å². The van der Waals surface area contributed by atoms with Gasteiger partial charge in [0.15, 0.2) is 9.84 Å². The minimum absolute atomic E-state index is 0.209. The Morgan fingerprint density at radius 1 is 1.29 bits per heavy atom. The quantitative estimate of drug-likeness (QED) is 0.872. The second-order valence-corrected chi connectivity index (χ2v) is 5.78. The second kappa shape index (κ2) is 4.31. The maximum absolute atomic E-state index is 11.3. The molecule has 6 heteroatoms. The van der Waals surface area contributed by atoms with E-state index in [1.165, 1.54) is 17.1 Å². The Bertz CT molecular complexity index is 614. The van der Waals surface area contributed by atoms with Crippen molar-refractivity contribution >= 4 is 9.84 Å². The Kier molecular flexibility index (Phi) is 2.99. The summed E-state index contributed by atoms with van der Waals surface area (Å²) < 4.78 is 24.1. The van der Waals surface area contributed by atoms with E-state index >= 15 is 0 Å². The lowest BCUT2D eigenvalue weighted by Gasteiger charge is -2.02. The van der Waals surface area contributed by atoms with Crippen LogP contribution in [0.3, 0.4) is 0 Å². The minimum Gasteiger partial charge on any atom is -0.326 e. The molecular formula is C11H13N3O2S. The van der Waals surface area contributed by atoms with E-state index in [4.69, 9.17) is 5.73 Å². The molecule has 0 aliphatic rings. The summed E-state index contributed by atoms with van der Waals surface area (Å²) in [5.41, 5.74) is 7.32. The van der Waals surface area contributed by atoms with Gasteiger partial charge in [0, 0.05) is 19.0 Å². The van der Waals surface area contributed by atoms with Crippen LogP contribution in [-0.2, 0) is 16.4 Å². The molecule has 2 rings (SSSR count). The molecule has 5 nitrogen and oxygen atoms in total. The molecule has 0 bridgehead atoms. The molecule has 1 aromatic carbocycles. The van der Waals surface area contributed by atoms with E-state index in [9.17, 15) is 8.42 Å². The molecular weight excluding hydrogens is 238 g/mol. The van der Waals surface area contributed by atoms with Crippen molar-refractivity contribution in [2.24, 2.45) is 5.73 Å². The smallest absolute Gasteiger partial charge is 0.178 e. The fraction of sp³-hybridized carbons (Fsp3) is 0.182. The normalized spacial score (nSPS) is 11.6. The topological polar surface area (TPSA) is 78.0 Å². The fourth-order valence-electron chi connectivity index (χ4n) is 1.42. The zero-order valence-electron chi connectivity index (χ0n) is 9.37. The molecule has 17 heavy (non-hydrogen) atoms. The summed E-state index contributed by atoms with van der Waals surface area (Å²) in [4.78, 5) is 0.209. The van der Waals surface area contributed by atoms with Crippen LogP contribution in [0.25, 0.3) is 5.69 Å². The molecule has 0 unspecified atom stereocenters. The van der Waals surface area contributed by atoms with E-state index < -0.39 is 9.84 Å². The number of hydrogen-bond acceptors (Lipinski definition) is 4. The lowest BCUT2D eigenvalue weighted by molar-refractivity contribution is 0.602. The van der Waals surface area contributed by atoms with Crippen molar-refractivity contribution in [3.05, 3.63) is 42.2 Å². The van der Waals surface area contributed by atoms with Crippen LogP contribution in [0, 0.1) is 0 Å². The van der Waals surface area contributed by atoms with Crippen LogP contribution in [0.5, 0.6) is 0 Å². The van der Waals surface area contributed by atoms with Crippen LogP contribution in [0.15, 0.2) is 41.6 Å². The zero-order valence-corrected chi connectivity index (χ0v) is 10.2. The summed E-state index contributed by atoms with van der Waals surface area (Å²) in [7, 11) is -3.21. The minimum atomic E-state index is -3.21. The summed E-state index contributed by atoms with van der Waals surface area (Å²) in [6, 6.07) is 7.47. The molecule has 1 aromatic heterocycles. The molecule has 0 aliphatic carbocycles. The highest BCUT2D eigenvalue weighted by Gasteiger charge is 2.10. The van der Waals surface area contributed by atoms with Gasteiger partial charge in [-0.15, -0.1) is 0 Å². The SMILES string of the molecule is CS(=O)(=O)c1cnn(-c2ccc(CN)cc2)c1. The Balaban J connectivity index is 2.37. The molecule has 0 radical (unpaired) electrons. The van der Waals surface area contributed by atoms with Crippen LogP contribution in [-0.4, -0.2) is 24.5 Å². The van der Waals surface area contributed by atoms with E-state index in [-0.39, 0.29) is 4.90 Å². The Hall–Kier alpha value is -1.66. The van der Waals surface area contributed by atoms with Gasteiger partial charge in [-0.05, 0) is 17.7 Å². The van der Waals surface area contributed by atoms with Crippen LogP contribution >= 0.6 is 0 Å². The van der Waals surface area contributed by atoms with Gasteiger partial charge in [0.05, 0.1) is 11.9 Å². The number of hydrogen-bond donors (Lipinski definition) is 1. The fourth-order valence-corrected chi connectivity index (χ4v) is 1.95. The maximum Gasteiger partial charge on any atom is 0.178 e. The van der Waals surface area contributed by atoms with Gasteiger partial charge in [-0.25, -0.2) is 13.1 Å². The Labute approximate surface area is 99.8 Å². The molecule has 0 atom stereocenters. The molecule has 0 spiro atoms. The predicted molar refractivity (Wildman–Crippen MR) is 64.6 cm³/mol. The van der Waals surface area contributed by atoms with Crippen molar-refractivity contribution < 1.29 is 8.42 Å². The number of sulfone groups is 1. The van der Waals surface area contributed by atoms with Crippen LogP contribution in [0.4, 0.5) is 0 Å². The average Bonchev–Trinajstić information content (AvgIpc) is 2.78. The van der Waals surface area contributed by atoms with Gasteiger partial charge in [-0.1, -0.05) is 12.1 Å². The summed E-state index contributed by atoms with van der Waals surface area (Å²) in [6.45, 7) is 0.480. The van der Waals surface area contributed by atoms with E-state index in [2.05, 4.69) is 5.10 Å². The van der Waals surface area contributed by atoms with Gasteiger partial charge in [-0.2, -0.15) is 5.10 Å². The molecule has 90 valence electrons. The largest absolute Gasteiger partial charge is 0.326 e. The molecule has 0 amide bonds. The van der Waals surface area contributed by atoms with E-state index in [1.54, 1.807) is 0 Å². The molecule has 2 aromatic rings. The first-order valence-corrected chi connectivity index (χ1v) is 6.94. The molecule has 0 saturated heterocycles. The number of benzene rings is 1. The van der Waals surface area contributed by atoms with Gasteiger partial charge in [0.1, 0.15) is 4.90 Å². The lowest BCUT2D eigenvalue weighted by atomic mass is 10.2. The maximum atomic E-state index is 11.3. The molecule has 0 aliphatic heterocycles. The van der Waals surface area contributed by atoms with Crippen molar-refractivity contribution in [3.8, 4) is 5.69 Å². The van der Waals surface area contributed by atoms with Crippen molar-refractivity contribution in [2.45, 2.75) is 11.4 Å². The predicted octanol–water partition coefficient (Wildman–Crippen LogP) is 0.734. The van der Waals surface area contributed by atoms with Crippen molar-refractivity contribution in [2.75, 3.05) is 6.26 Å². The van der Waals surface area contributed by atoms with Crippen LogP contribution in [0.2, 0.25) is 0 Å². The summed E-state index contributed by atoms with van der Waals surface area (Å²) >= 11 is 0. The van der Waals surface area contributed by atoms with Gasteiger partial charge in [0.2, 0.25) is 0 Å². The van der Waals surface area contributed by atoms with Crippen molar-refractivity contribution in [1.82, 2.24) is 9.78 Å². The first-order valence-electron chi connectivity index (χ1n) is 5.05. The first-order chi connectivity index (χ1) is 8.00. The van der Waals surface area contributed by atoms with Gasteiger partial charge >= 0.3 is 0 Å². The number of rotatable bonds is 3. The summed E-state index contributed by atoms with van der Waals surface area (Å²) in [5, 5.41) is 4.01. The molecule has 2 N–H and O–H groups in total. The Morgan fingerprint density at radius 3 is 2.41 bits per heavy atom. The van der Waals surface area contributed by atoms with Gasteiger partial charge < -0.3 is 5.73 Å². The third-order valence-corrected chi connectivity index (χ3v) is 3.49. The second-order valence-electron chi connectivity index (χ2n) is 3.76. The monoisotopic (exact) mass is 251 g/mol. The summed E-state index contributed by atoms with van der Waals surface area (Å²) in [5.74, 6) is 0. The van der Waals surface area contributed by atoms with E-state index in [1.807, 2.05) is 24.3 Å². The third-order valence-electron chi connectivity index (χ3n) is 2.42. The van der Waals surface area contributed by atoms with Gasteiger partial charge in [-0.3, -0.25) is 0 Å². The third kappa shape index (κ3) is 2.54. The van der Waals surface area contributed by atoms with E-state index in [0.29, 0.717) is 6.54 Å². The van der Waals surface area contributed by atoms with Crippen LogP contribution in [0.1, 0.15) is 5.56 Å². The number of nitrogens with zero attached hydrogens (tertiary/aromatic N) is 2. The van der Waals surface area contributed by atoms with Gasteiger partial charge in [0.25, 0.3) is 0 Å². The lowest BCUT2D eigenvalue weighted by Crippen LogP contribution is -1.98. The highest BCUT2D eigenvalue weighted by molar-refractivity contribution is 7.90. The zero-order chi connectivity index (χ0) is 12.5. The standard InChI is InChI=1S/C11H13N3O2S/c1-17(15,16)11-7-13-14(8-11)10-4-2-9(6-12)3-5-10/h2-5,7-8H,6,12H2,1H3. The number of nitrogens with two attached hydrogens (primary N) is 1. The number of aromatic nitrogens is 2. The van der Waals surface area contributed by atoms with Crippen molar-refractivity contribution in [3.63, 3.8) is 0 Å². The first kappa shape index (κ1) is 11.8.